The molecule has 1 aliphatic heterocycles. The Morgan fingerprint density at radius 3 is 2.38 bits per heavy atom. The second-order valence-electron chi connectivity index (χ2n) is 5.84. The van der Waals surface area contributed by atoms with Gasteiger partial charge in [-0.05, 0) is 55.0 Å². The van der Waals surface area contributed by atoms with Gasteiger partial charge < -0.3 is 15.1 Å². The Labute approximate surface area is 149 Å². The summed E-state index contributed by atoms with van der Waals surface area (Å²) in [6.45, 7) is 4.73. The van der Waals surface area contributed by atoms with Crippen molar-refractivity contribution >= 4 is 33.3 Å². The first-order valence-corrected chi connectivity index (χ1v) is 8.65. The fourth-order valence-corrected chi connectivity index (χ4v) is 2.99. The average molecular weight is 392 g/mol. The maximum Gasteiger partial charge on any atom is 0.321 e. The van der Waals surface area contributed by atoms with Crippen molar-refractivity contribution in [1.82, 2.24) is 4.90 Å². The van der Waals surface area contributed by atoms with Gasteiger partial charge in [0.05, 0.1) is 0 Å². The number of nitrogens with zero attached hydrogens (tertiary/aromatic N) is 2. The van der Waals surface area contributed by atoms with Gasteiger partial charge in [0.25, 0.3) is 0 Å². The average Bonchev–Trinajstić information content (AvgIpc) is 2.59. The number of nitrogens with one attached hydrogen (secondary N) is 1. The van der Waals surface area contributed by atoms with E-state index in [2.05, 4.69) is 26.1 Å². The molecule has 0 saturated carbocycles. The van der Waals surface area contributed by atoms with Crippen molar-refractivity contribution in [2.45, 2.75) is 6.92 Å². The first-order chi connectivity index (χ1) is 11.5. The highest BCUT2D eigenvalue weighted by atomic mass is 79.9. The van der Waals surface area contributed by atoms with Gasteiger partial charge >= 0.3 is 6.03 Å². The van der Waals surface area contributed by atoms with Crippen LogP contribution in [-0.4, -0.2) is 37.1 Å². The van der Waals surface area contributed by atoms with E-state index < -0.39 is 0 Å². The molecule has 126 valence electrons. The lowest BCUT2D eigenvalue weighted by atomic mass is 10.2. The summed E-state index contributed by atoms with van der Waals surface area (Å²) in [5, 5.41) is 2.94. The molecule has 0 bridgehead atoms. The van der Waals surface area contributed by atoms with Crippen molar-refractivity contribution in [1.29, 1.82) is 0 Å². The zero-order chi connectivity index (χ0) is 17.1. The predicted octanol–water partition coefficient (Wildman–Crippen LogP) is 4.25. The highest BCUT2D eigenvalue weighted by Crippen LogP contribution is 2.21. The van der Waals surface area contributed by atoms with Gasteiger partial charge in [-0.2, -0.15) is 0 Å². The molecule has 2 amide bonds. The second-order valence-corrected chi connectivity index (χ2v) is 6.70. The number of halogens is 2. The summed E-state index contributed by atoms with van der Waals surface area (Å²) < 4.78 is 14.0. The van der Waals surface area contributed by atoms with E-state index in [1.807, 2.05) is 25.1 Å². The zero-order valence-corrected chi connectivity index (χ0v) is 15.0. The molecular formula is C18H19BrFN3O. The Morgan fingerprint density at radius 1 is 1.08 bits per heavy atom. The summed E-state index contributed by atoms with van der Waals surface area (Å²) in [6, 6.07) is 12.1. The molecule has 0 spiro atoms. The molecule has 1 heterocycles. The molecule has 1 saturated heterocycles. The van der Waals surface area contributed by atoms with Crippen molar-refractivity contribution in [3.63, 3.8) is 0 Å². The fourth-order valence-electron chi connectivity index (χ4n) is 2.74. The quantitative estimate of drug-likeness (QED) is 0.830. The zero-order valence-electron chi connectivity index (χ0n) is 13.4. The van der Waals surface area contributed by atoms with Gasteiger partial charge in [-0.15, -0.1) is 0 Å². The standard InChI is InChI=1S/C18H19BrFN3O/c1-13-12-15(4-7-17(13)19)21-18(24)23-10-8-22(9-11-23)16-5-2-14(20)3-6-16/h2-7,12H,8-11H2,1H3,(H,21,24). The summed E-state index contributed by atoms with van der Waals surface area (Å²) in [5.41, 5.74) is 2.86. The minimum atomic E-state index is -0.235. The van der Waals surface area contributed by atoms with E-state index in [-0.39, 0.29) is 11.8 Å². The number of benzene rings is 2. The molecule has 0 aliphatic carbocycles. The molecule has 1 fully saturated rings. The van der Waals surface area contributed by atoms with E-state index in [0.29, 0.717) is 13.1 Å². The highest BCUT2D eigenvalue weighted by molar-refractivity contribution is 9.10. The van der Waals surface area contributed by atoms with Gasteiger partial charge in [-0.3, -0.25) is 0 Å². The number of amides is 2. The van der Waals surface area contributed by atoms with E-state index in [1.54, 1.807) is 17.0 Å². The van der Waals surface area contributed by atoms with Gasteiger partial charge in [-0.1, -0.05) is 15.9 Å². The Balaban J connectivity index is 1.56. The second kappa shape index (κ2) is 7.21. The first kappa shape index (κ1) is 16.8. The van der Waals surface area contributed by atoms with Gasteiger partial charge in [0.15, 0.2) is 0 Å². The van der Waals surface area contributed by atoms with Crippen LogP contribution in [0.3, 0.4) is 0 Å². The molecule has 2 aromatic rings. The number of piperazine rings is 1. The SMILES string of the molecule is Cc1cc(NC(=O)N2CCN(c3ccc(F)cc3)CC2)ccc1Br. The van der Waals surface area contributed by atoms with Crippen LogP contribution in [0.5, 0.6) is 0 Å². The van der Waals surface area contributed by atoms with E-state index in [0.717, 1.165) is 34.5 Å². The van der Waals surface area contributed by atoms with Crippen LogP contribution in [0.1, 0.15) is 5.56 Å². The molecule has 1 N–H and O–H groups in total. The van der Waals surface area contributed by atoms with E-state index in [4.69, 9.17) is 0 Å². The molecule has 3 rings (SSSR count). The maximum atomic E-state index is 13.0. The van der Waals surface area contributed by atoms with Crippen molar-refractivity contribution in [3.8, 4) is 0 Å². The van der Waals surface area contributed by atoms with Gasteiger partial charge in [-0.25, -0.2) is 9.18 Å². The molecule has 24 heavy (non-hydrogen) atoms. The summed E-state index contributed by atoms with van der Waals surface area (Å²) in [6.07, 6.45) is 0. The number of carbonyl (C=O) groups is 1. The molecule has 0 unspecified atom stereocenters. The van der Waals surface area contributed by atoms with E-state index in [9.17, 15) is 9.18 Å². The number of aryl methyl sites for hydroxylation is 1. The van der Waals surface area contributed by atoms with E-state index >= 15 is 0 Å². The molecule has 0 aromatic heterocycles. The van der Waals surface area contributed by atoms with Crippen LogP contribution in [0.15, 0.2) is 46.9 Å². The highest BCUT2D eigenvalue weighted by Gasteiger charge is 2.21. The number of anilines is 2. The van der Waals surface area contributed by atoms with Crippen LogP contribution in [0.25, 0.3) is 0 Å². The molecular weight excluding hydrogens is 373 g/mol. The summed E-state index contributed by atoms with van der Waals surface area (Å²) in [7, 11) is 0. The molecule has 4 nitrogen and oxygen atoms in total. The number of urea groups is 1. The Bertz CT molecular complexity index is 728. The van der Waals surface area contributed by atoms with E-state index in [1.165, 1.54) is 12.1 Å². The normalized spacial score (nSPS) is 14.6. The van der Waals surface area contributed by atoms with Crippen molar-refractivity contribution in [2.75, 3.05) is 36.4 Å². The van der Waals surface area contributed by atoms with Crippen LogP contribution in [0.4, 0.5) is 20.6 Å². The Hall–Kier alpha value is -2.08. The minimum absolute atomic E-state index is 0.0875. The maximum absolute atomic E-state index is 13.0. The third-order valence-electron chi connectivity index (χ3n) is 4.17. The Kier molecular flexibility index (Phi) is 5.04. The third kappa shape index (κ3) is 3.87. The molecule has 6 heteroatoms. The van der Waals surface area contributed by atoms with Crippen LogP contribution in [-0.2, 0) is 0 Å². The molecule has 0 atom stereocenters. The van der Waals surface area contributed by atoms with Gasteiger partial charge in [0.2, 0.25) is 0 Å². The lowest BCUT2D eigenvalue weighted by Gasteiger charge is -2.36. The predicted molar refractivity (Wildman–Crippen MR) is 98.1 cm³/mol. The topological polar surface area (TPSA) is 35.6 Å². The van der Waals surface area contributed by atoms with Gasteiger partial charge in [0.1, 0.15) is 5.82 Å². The van der Waals surface area contributed by atoms with Crippen LogP contribution in [0.2, 0.25) is 0 Å². The van der Waals surface area contributed by atoms with Crippen molar-refractivity contribution in [3.05, 3.63) is 58.3 Å². The lowest BCUT2D eigenvalue weighted by Crippen LogP contribution is -2.50. The van der Waals surface area contributed by atoms with Gasteiger partial charge in [0, 0.05) is 42.0 Å². The third-order valence-corrected chi connectivity index (χ3v) is 5.06. The monoisotopic (exact) mass is 391 g/mol. The smallest absolute Gasteiger partial charge is 0.321 e. The minimum Gasteiger partial charge on any atom is -0.368 e. The summed E-state index contributed by atoms with van der Waals surface area (Å²) >= 11 is 3.45. The number of carbonyl (C=O) groups excluding carboxylic acids is 1. The number of rotatable bonds is 2. The molecule has 0 radical (unpaired) electrons. The van der Waals surface area contributed by atoms with Crippen LogP contribution >= 0.6 is 15.9 Å². The number of hydrogen-bond donors (Lipinski definition) is 1. The van der Waals surface area contributed by atoms with Crippen LogP contribution < -0.4 is 10.2 Å². The lowest BCUT2D eigenvalue weighted by molar-refractivity contribution is 0.208. The molecule has 1 aliphatic rings. The summed E-state index contributed by atoms with van der Waals surface area (Å²) in [4.78, 5) is 16.3. The van der Waals surface area contributed by atoms with Crippen LogP contribution in [0, 0.1) is 12.7 Å². The Morgan fingerprint density at radius 2 is 1.75 bits per heavy atom. The first-order valence-electron chi connectivity index (χ1n) is 7.85. The van der Waals surface area contributed by atoms with Crippen molar-refractivity contribution in [2.24, 2.45) is 0 Å². The largest absolute Gasteiger partial charge is 0.368 e. The molecule has 2 aromatic carbocycles. The summed E-state index contributed by atoms with van der Waals surface area (Å²) in [5.74, 6) is -0.235. The van der Waals surface area contributed by atoms with Crippen molar-refractivity contribution < 1.29 is 9.18 Å². The fraction of sp³-hybridized carbons (Fsp3) is 0.278. The number of hydrogen-bond acceptors (Lipinski definition) is 2.